The summed E-state index contributed by atoms with van der Waals surface area (Å²) in [4.78, 5) is 0. The Hall–Kier alpha value is -0.0800. The molecule has 2 heteroatoms. The van der Waals surface area contributed by atoms with Gasteiger partial charge in [-0.1, -0.05) is 25.7 Å². The van der Waals surface area contributed by atoms with Crippen molar-refractivity contribution in [3.63, 3.8) is 0 Å². The molecule has 0 aromatic carbocycles. The Morgan fingerprint density at radius 2 is 1.93 bits per heavy atom. The fourth-order valence-electron chi connectivity index (χ4n) is 2.36. The van der Waals surface area contributed by atoms with E-state index in [2.05, 4.69) is 19.2 Å². The van der Waals surface area contributed by atoms with E-state index in [1.807, 2.05) is 0 Å². The second-order valence-electron chi connectivity index (χ2n) is 5.29. The third-order valence-electron chi connectivity index (χ3n) is 3.40. The van der Waals surface area contributed by atoms with E-state index in [0.717, 1.165) is 25.4 Å². The molecule has 1 aliphatic carbocycles. The molecule has 0 aromatic heterocycles. The van der Waals surface area contributed by atoms with E-state index in [-0.39, 0.29) is 5.54 Å². The summed E-state index contributed by atoms with van der Waals surface area (Å²) >= 11 is 0. The summed E-state index contributed by atoms with van der Waals surface area (Å²) in [7, 11) is 0. The zero-order valence-electron chi connectivity index (χ0n) is 9.81. The van der Waals surface area contributed by atoms with Crippen molar-refractivity contribution in [2.45, 2.75) is 57.9 Å². The van der Waals surface area contributed by atoms with Crippen LogP contribution in [0.3, 0.4) is 0 Å². The van der Waals surface area contributed by atoms with Crippen LogP contribution in [0.4, 0.5) is 0 Å². The molecule has 2 nitrogen and oxygen atoms in total. The van der Waals surface area contributed by atoms with E-state index in [0.29, 0.717) is 0 Å². The van der Waals surface area contributed by atoms with Crippen molar-refractivity contribution in [3.8, 4) is 0 Å². The van der Waals surface area contributed by atoms with Gasteiger partial charge in [-0.05, 0) is 45.7 Å². The van der Waals surface area contributed by atoms with Crippen molar-refractivity contribution in [2.75, 3.05) is 13.1 Å². The molecule has 0 saturated heterocycles. The molecule has 1 fully saturated rings. The topological polar surface area (TPSA) is 38.0 Å². The van der Waals surface area contributed by atoms with Crippen LogP contribution < -0.4 is 11.1 Å². The van der Waals surface area contributed by atoms with E-state index < -0.39 is 0 Å². The van der Waals surface area contributed by atoms with Gasteiger partial charge in [-0.25, -0.2) is 0 Å². The number of nitrogens with one attached hydrogen (secondary N) is 1. The first-order valence-corrected chi connectivity index (χ1v) is 6.09. The highest BCUT2D eigenvalue weighted by Crippen LogP contribution is 2.27. The molecular weight excluding hydrogens is 172 g/mol. The third kappa shape index (κ3) is 4.43. The lowest BCUT2D eigenvalue weighted by Crippen LogP contribution is -2.41. The Labute approximate surface area is 88.6 Å². The van der Waals surface area contributed by atoms with Crippen molar-refractivity contribution in [1.29, 1.82) is 0 Å². The number of rotatable bonds is 6. The van der Waals surface area contributed by atoms with Gasteiger partial charge in [0.1, 0.15) is 0 Å². The van der Waals surface area contributed by atoms with Gasteiger partial charge in [0.2, 0.25) is 0 Å². The standard InChI is InChI=1S/C12H26N2/c1-12(2,8-9-13)14-10-7-11-5-3-4-6-11/h11,14H,3-10,13H2,1-2H3. The van der Waals surface area contributed by atoms with Crippen LogP contribution in [0.2, 0.25) is 0 Å². The Bertz CT molecular complexity index is 148. The Morgan fingerprint density at radius 3 is 2.50 bits per heavy atom. The molecule has 0 aromatic rings. The number of hydrogen-bond donors (Lipinski definition) is 2. The van der Waals surface area contributed by atoms with Crippen LogP contribution in [0.15, 0.2) is 0 Å². The van der Waals surface area contributed by atoms with Crippen LogP contribution in [-0.4, -0.2) is 18.6 Å². The summed E-state index contributed by atoms with van der Waals surface area (Å²) in [6.45, 7) is 6.43. The highest BCUT2D eigenvalue weighted by Gasteiger charge is 2.18. The number of nitrogens with two attached hydrogens (primary N) is 1. The van der Waals surface area contributed by atoms with Gasteiger partial charge in [-0.2, -0.15) is 0 Å². The maximum absolute atomic E-state index is 5.57. The van der Waals surface area contributed by atoms with Crippen molar-refractivity contribution < 1.29 is 0 Å². The minimum absolute atomic E-state index is 0.230. The SMILES string of the molecule is CC(C)(CCN)NCCC1CCCC1. The Balaban J connectivity index is 2.07. The van der Waals surface area contributed by atoms with E-state index in [1.54, 1.807) is 0 Å². The molecule has 0 bridgehead atoms. The summed E-state index contributed by atoms with van der Waals surface area (Å²) in [5, 5.41) is 3.61. The molecule has 1 saturated carbocycles. The molecule has 84 valence electrons. The molecule has 0 radical (unpaired) electrons. The summed E-state index contributed by atoms with van der Waals surface area (Å²) < 4.78 is 0. The van der Waals surface area contributed by atoms with Crippen LogP contribution in [0, 0.1) is 5.92 Å². The lowest BCUT2D eigenvalue weighted by Gasteiger charge is -2.26. The van der Waals surface area contributed by atoms with Gasteiger partial charge in [-0.3, -0.25) is 0 Å². The van der Waals surface area contributed by atoms with Crippen LogP contribution >= 0.6 is 0 Å². The second kappa shape index (κ2) is 5.72. The first kappa shape index (κ1) is 12.0. The van der Waals surface area contributed by atoms with Gasteiger partial charge in [0.25, 0.3) is 0 Å². The second-order valence-corrected chi connectivity index (χ2v) is 5.29. The van der Waals surface area contributed by atoms with Gasteiger partial charge in [0, 0.05) is 5.54 Å². The minimum atomic E-state index is 0.230. The molecule has 0 atom stereocenters. The fourth-order valence-corrected chi connectivity index (χ4v) is 2.36. The molecule has 0 heterocycles. The van der Waals surface area contributed by atoms with E-state index in [9.17, 15) is 0 Å². The van der Waals surface area contributed by atoms with Gasteiger partial charge in [0.15, 0.2) is 0 Å². The zero-order chi connectivity index (χ0) is 10.4. The number of hydrogen-bond acceptors (Lipinski definition) is 2. The molecular formula is C12H26N2. The quantitative estimate of drug-likeness (QED) is 0.687. The van der Waals surface area contributed by atoms with Gasteiger partial charge >= 0.3 is 0 Å². The molecule has 0 aliphatic heterocycles. The van der Waals surface area contributed by atoms with Crippen LogP contribution in [0.1, 0.15) is 52.4 Å². The molecule has 0 amide bonds. The maximum atomic E-state index is 5.57. The average molecular weight is 198 g/mol. The molecule has 3 N–H and O–H groups in total. The van der Waals surface area contributed by atoms with Crippen LogP contribution in [0.25, 0.3) is 0 Å². The van der Waals surface area contributed by atoms with Crippen molar-refractivity contribution in [3.05, 3.63) is 0 Å². The predicted octanol–water partition coefficient (Wildman–Crippen LogP) is 2.28. The van der Waals surface area contributed by atoms with Crippen LogP contribution in [0.5, 0.6) is 0 Å². The predicted molar refractivity (Wildman–Crippen MR) is 62.3 cm³/mol. The highest BCUT2D eigenvalue weighted by atomic mass is 14.9. The van der Waals surface area contributed by atoms with Crippen molar-refractivity contribution in [2.24, 2.45) is 11.7 Å². The summed E-state index contributed by atoms with van der Waals surface area (Å²) in [5.74, 6) is 0.996. The van der Waals surface area contributed by atoms with E-state index in [4.69, 9.17) is 5.73 Å². The first-order valence-electron chi connectivity index (χ1n) is 6.09. The fraction of sp³-hybridized carbons (Fsp3) is 1.00. The summed E-state index contributed by atoms with van der Waals surface area (Å²) in [6.07, 6.45) is 8.25. The average Bonchev–Trinajstić information content (AvgIpc) is 2.56. The lowest BCUT2D eigenvalue weighted by molar-refractivity contribution is 0.346. The smallest absolute Gasteiger partial charge is 0.0137 e. The lowest BCUT2D eigenvalue weighted by atomic mass is 9.99. The largest absolute Gasteiger partial charge is 0.330 e. The highest BCUT2D eigenvalue weighted by molar-refractivity contribution is 4.78. The summed E-state index contributed by atoms with van der Waals surface area (Å²) in [5.41, 5.74) is 5.80. The zero-order valence-corrected chi connectivity index (χ0v) is 9.81. The normalized spacial score (nSPS) is 19.1. The summed E-state index contributed by atoms with van der Waals surface area (Å²) in [6, 6.07) is 0. The Morgan fingerprint density at radius 1 is 1.29 bits per heavy atom. The maximum Gasteiger partial charge on any atom is 0.0137 e. The molecule has 1 aliphatic rings. The molecule has 0 spiro atoms. The molecule has 0 unspecified atom stereocenters. The molecule has 1 rings (SSSR count). The van der Waals surface area contributed by atoms with Gasteiger partial charge < -0.3 is 11.1 Å². The van der Waals surface area contributed by atoms with E-state index >= 15 is 0 Å². The van der Waals surface area contributed by atoms with Crippen LogP contribution in [-0.2, 0) is 0 Å². The van der Waals surface area contributed by atoms with E-state index in [1.165, 1.54) is 32.1 Å². The monoisotopic (exact) mass is 198 g/mol. The minimum Gasteiger partial charge on any atom is -0.330 e. The Kier molecular flexibility index (Phi) is 4.90. The van der Waals surface area contributed by atoms with Crippen molar-refractivity contribution in [1.82, 2.24) is 5.32 Å². The first-order chi connectivity index (χ1) is 6.64. The van der Waals surface area contributed by atoms with Gasteiger partial charge in [0.05, 0.1) is 0 Å². The molecule has 14 heavy (non-hydrogen) atoms. The van der Waals surface area contributed by atoms with Gasteiger partial charge in [-0.15, -0.1) is 0 Å². The third-order valence-corrected chi connectivity index (χ3v) is 3.40. The van der Waals surface area contributed by atoms with Crippen molar-refractivity contribution >= 4 is 0 Å².